The van der Waals surface area contributed by atoms with Gasteiger partial charge in [0.2, 0.25) is 5.91 Å². The maximum Gasteiger partial charge on any atom is 0.315 e. The Kier molecular flexibility index (Phi) is 6.47. The predicted octanol–water partition coefficient (Wildman–Crippen LogP) is 5.00. The zero-order valence-corrected chi connectivity index (χ0v) is 18.1. The van der Waals surface area contributed by atoms with Crippen molar-refractivity contribution >= 4 is 40.1 Å². The average molecular weight is 439 g/mol. The predicted molar refractivity (Wildman–Crippen MR) is 124 cm³/mol. The van der Waals surface area contributed by atoms with E-state index in [-0.39, 0.29) is 11.9 Å². The summed E-state index contributed by atoms with van der Waals surface area (Å²) in [7, 11) is 0. The molecule has 3 amide bonds. The highest BCUT2D eigenvalue weighted by molar-refractivity contribution is 6.30. The minimum absolute atomic E-state index is 0.193. The van der Waals surface area contributed by atoms with Gasteiger partial charge in [0.1, 0.15) is 5.54 Å². The number of urea groups is 1. The van der Waals surface area contributed by atoms with Gasteiger partial charge in [0.25, 0.3) is 0 Å². The molecule has 0 aliphatic heterocycles. The zero-order chi connectivity index (χ0) is 21.7. The van der Waals surface area contributed by atoms with Gasteiger partial charge in [0.15, 0.2) is 0 Å². The average Bonchev–Trinajstić information content (AvgIpc) is 3.17. The fourth-order valence-electron chi connectivity index (χ4n) is 4.29. The number of para-hydroxylation sites is 1. The van der Waals surface area contributed by atoms with Crippen LogP contribution in [0.4, 0.5) is 10.5 Å². The molecule has 162 valence electrons. The van der Waals surface area contributed by atoms with Crippen LogP contribution in [0.5, 0.6) is 0 Å². The number of hydrogen-bond acceptors (Lipinski definition) is 2. The standard InChI is InChI=1S/C24H27ClN4O2/c25-18-7-6-8-19(15-18)28-22(30)24(12-4-1-5-13-24)29-23(31)26-14-11-17-16-27-21-10-3-2-9-20(17)21/h2-3,6-10,15-16,27H,1,4-5,11-14H2,(H,28,30)(H2,26,29,31). The summed E-state index contributed by atoms with van der Waals surface area (Å²) in [4.78, 5) is 29.1. The molecule has 0 unspecified atom stereocenters. The van der Waals surface area contributed by atoms with Crippen LogP contribution in [0.2, 0.25) is 5.02 Å². The number of amides is 3. The summed E-state index contributed by atoms with van der Waals surface area (Å²) in [5, 5.41) is 10.5. The highest BCUT2D eigenvalue weighted by Gasteiger charge is 2.41. The van der Waals surface area contributed by atoms with E-state index in [2.05, 4.69) is 27.0 Å². The van der Waals surface area contributed by atoms with Crippen LogP contribution in [-0.2, 0) is 11.2 Å². The molecule has 2 aromatic carbocycles. The van der Waals surface area contributed by atoms with Crippen LogP contribution in [0, 0.1) is 0 Å². The van der Waals surface area contributed by atoms with Gasteiger partial charge in [-0.2, -0.15) is 0 Å². The van der Waals surface area contributed by atoms with E-state index < -0.39 is 5.54 Å². The van der Waals surface area contributed by atoms with E-state index >= 15 is 0 Å². The van der Waals surface area contributed by atoms with Gasteiger partial charge in [-0.3, -0.25) is 4.79 Å². The lowest BCUT2D eigenvalue weighted by Gasteiger charge is -2.36. The summed E-state index contributed by atoms with van der Waals surface area (Å²) < 4.78 is 0. The lowest BCUT2D eigenvalue weighted by molar-refractivity contribution is -0.123. The Bertz CT molecular complexity index is 1070. The van der Waals surface area contributed by atoms with Crippen LogP contribution in [0.1, 0.15) is 37.7 Å². The van der Waals surface area contributed by atoms with E-state index in [9.17, 15) is 9.59 Å². The highest BCUT2D eigenvalue weighted by atomic mass is 35.5. The number of nitrogens with one attached hydrogen (secondary N) is 4. The third kappa shape index (κ3) is 5.02. The highest BCUT2D eigenvalue weighted by Crippen LogP contribution is 2.30. The minimum Gasteiger partial charge on any atom is -0.361 e. The number of carbonyl (C=O) groups excluding carboxylic acids is 2. The van der Waals surface area contributed by atoms with Gasteiger partial charge in [-0.25, -0.2) is 4.79 Å². The first-order valence-electron chi connectivity index (χ1n) is 10.7. The van der Waals surface area contributed by atoms with E-state index in [4.69, 9.17) is 11.6 Å². The summed E-state index contributed by atoms with van der Waals surface area (Å²) in [5.41, 5.74) is 1.96. The first-order valence-corrected chi connectivity index (χ1v) is 11.1. The molecule has 7 heteroatoms. The number of carbonyl (C=O) groups is 2. The van der Waals surface area contributed by atoms with Crippen molar-refractivity contribution in [2.75, 3.05) is 11.9 Å². The molecule has 3 aromatic rings. The fraction of sp³-hybridized carbons (Fsp3) is 0.333. The molecule has 1 aliphatic carbocycles. The molecule has 1 fully saturated rings. The van der Waals surface area contributed by atoms with E-state index in [1.165, 1.54) is 0 Å². The number of anilines is 1. The Morgan fingerprint density at radius 2 is 1.84 bits per heavy atom. The molecule has 4 rings (SSSR count). The number of halogens is 1. The van der Waals surface area contributed by atoms with Gasteiger partial charge < -0.3 is 20.9 Å². The minimum atomic E-state index is -0.911. The molecule has 0 bridgehead atoms. The summed E-state index contributed by atoms with van der Waals surface area (Å²) in [6, 6.07) is 14.8. The zero-order valence-electron chi connectivity index (χ0n) is 17.3. The van der Waals surface area contributed by atoms with Gasteiger partial charge in [-0.05, 0) is 49.1 Å². The van der Waals surface area contributed by atoms with E-state index in [0.717, 1.165) is 35.7 Å². The molecule has 0 saturated heterocycles. The van der Waals surface area contributed by atoms with Crippen LogP contribution in [0.3, 0.4) is 0 Å². The monoisotopic (exact) mass is 438 g/mol. The topological polar surface area (TPSA) is 86.0 Å². The van der Waals surface area contributed by atoms with Crippen LogP contribution < -0.4 is 16.0 Å². The lowest BCUT2D eigenvalue weighted by Crippen LogP contribution is -2.60. The Balaban J connectivity index is 1.37. The van der Waals surface area contributed by atoms with Crippen molar-refractivity contribution in [3.8, 4) is 0 Å². The molecule has 0 radical (unpaired) electrons. The number of aromatic amines is 1. The Morgan fingerprint density at radius 1 is 1.03 bits per heavy atom. The first kappa shape index (κ1) is 21.2. The number of H-pyrrole nitrogens is 1. The van der Waals surface area contributed by atoms with E-state index in [1.54, 1.807) is 24.3 Å². The molecule has 1 aliphatic rings. The van der Waals surface area contributed by atoms with E-state index in [1.807, 2.05) is 24.4 Å². The molecule has 1 saturated carbocycles. The molecule has 4 N–H and O–H groups in total. The third-order valence-corrected chi connectivity index (χ3v) is 6.17. The number of benzene rings is 2. The van der Waals surface area contributed by atoms with Gasteiger partial charge >= 0.3 is 6.03 Å². The van der Waals surface area contributed by atoms with Crippen molar-refractivity contribution in [3.63, 3.8) is 0 Å². The maximum atomic E-state index is 13.1. The second kappa shape index (κ2) is 9.43. The third-order valence-electron chi connectivity index (χ3n) is 5.93. The first-order chi connectivity index (χ1) is 15.1. The van der Waals surface area contributed by atoms with Gasteiger partial charge in [-0.15, -0.1) is 0 Å². The van der Waals surface area contributed by atoms with Gasteiger partial charge in [0, 0.05) is 34.4 Å². The fourth-order valence-corrected chi connectivity index (χ4v) is 4.48. The van der Waals surface area contributed by atoms with Gasteiger partial charge in [-0.1, -0.05) is 55.1 Å². The van der Waals surface area contributed by atoms with Crippen LogP contribution in [0.25, 0.3) is 10.9 Å². The van der Waals surface area contributed by atoms with E-state index in [0.29, 0.717) is 36.5 Å². The van der Waals surface area contributed by atoms with Crippen molar-refractivity contribution < 1.29 is 9.59 Å². The molecular formula is C24H27ClN4O2. The van der Waals surface area contributed by atoms with Crippen molar-refractivity contribution in [1.29, 1.82) is 0 Å². The van der Waals surface area contributed by atoms with Crippen LogP contribution in [-0.4, -0.2) is 29.0 Å². The molecular weight excluding hydrogens is 412 g/mol. The van der Waals surface area contributed by atoms with Crippen LogP contribution in [0.15, 0.2) is 54.7 Å². The number of rotatable bonds is 6. The van der Waals surface area contributed by atoms with Crippen LogP contribution >= 0.6 is 11.6 Å². The summed E-state index contributed by atoms with van der Waals surface area (Å²) in [6.45, 7) is 0.486. The Morgan fingerprint density at radius 3 is 2.65 bits per heavy atom. The molecule has 31 heavy (non-hydrogen) atoms. The number of fused-ring (bicyclic) bond motifs is 1. The quantitative estimate of drug-likeness (QED) is 0.436. The van der Waals surface area contributed by atoms with Gasteiger partial charge in [0.05, 0.1) is 0 Å². The largest absolute Gasteiger partial charge is 0.361 e. The summed E-state index contributed by atoms with van der Waals surface area (Å²) >= 11 is 6.04. The molecule has 0 spiro atoms. The molecule has 6 nitrogen and oxygen atoms in total. The Labute approximate surface area is 186 Å². The molecule has 1 heterocycles. The molecule has 1 aromatic heterocycles. The lowest BCUT2D eigenvalue weighted by atomic mass is 9.81. The van der Waals surface area contributed by atoms with Crippen molar-refractivity contribution in [2.45, 2.75) is 44.1 Å². The maximum absolute atomic E-state index is 13.1. The molecule has 0 atom stereocenters. The van der Waals surface area contributed by atoms with Crippen molar-refractivity contribution in [3.05, 3.63) is 65.3 Å². The summed E-state index contributed by atoms with van der Waals surface area (Å²) in [6.07, 6.45) is 6.79. The second-order valence-corrected chi connectivity index (χ2v) is 8.53. The summed E-state index contributed by atoms with van der Waals surface area (Å²) in [5.74, 6) is -0.193. The van der Waals surface area contributed by atoms with Crippen molar-refractivity contribution in [1.82, 2.24) is 15.6 Å². The smallest absolute Gasteiger partial charge is 0.315 e. The Hall–Kier alpha value is -2.99. The normalized spacial score (nSPS) is 15.4. The SMILES string of the molecule is O=C(NCCc1c[nH]c2ccccc12)NC1(C(=O)Nc2cccc(Cl)c2)CCCCC1. The second-order valence-electron chi connectivity index (χ2n) is 8.10. The number of aromatic nitrogens is 1. The number of hydrogen-bond donors (Lipinski definition) is 4. The van der Waals surface area contributed by atoms with Crippen molar-refractivity contribution in [2.24, 2.45) is 0 Å².